The lowest BCUT2D eigenvalue weighted by Gasteiger charge is -2.56. The van der Waals surface area contributed by atoms with Crippen LogP contribution in [0.4, 0.5) is 0 Å². The van der Waals surface area contributed by atoms with E-state index in [9.17, 15) is 9.59 Å². The molecule has 0 radical (unpaired) electrons. The molecule has 1 aromatic rings. The minimum absolute atomic E-state index is 0.0623. The summed E-state index contributed by atoms with van der Waals surface area (Å²) in [5.74, 6) is -0.0708. The molecule has 5 atom stereocenters. The number of fused-ring (bicyclic) bond motifs is 2. The fourth-order valence-electron chi connectivity index (χ4n) is 5.48. The molecule has 4 rings (SSSR count). The van der Waals surface area contributed by atoms with E-state index in [1.807, 2.05) is 31.2 Å². The van der Waals surface area contributed by atoms with Gasteiger partial charge >= 0.3 is 11.9 Å². The summed E-state index contributed by atoms with van der Waals surface area (Å²) in [6.45, 7) is 8.62. The van der Waals surface area contributed by atoms with E-state index in [4.69, 9.17) is 14.2 Å². The second-order valence-electron chi connectivity index (χ2n) is 9.56. The highest BCUT2D eigenvalue weighted by Crippen LogP contribution is 2.63. The molecule has 1 aliphatic heterocycles. The number of carbonyl (C=O) groups excluding carboxylic acids is 2. The van der Waals surface area contributed by atoms with Crippen molar-refractivity contribution in [3.63, 3.8) is 0 Å². The number of esters is 2. The van der Waals surface area contributed by atoms with E-state index in [0.29, 0.717) is 30.9 Å². The molecule has 29 heavy (non-hydrogen) atoms. The summed E-state index contributed by atoms with van der Waals surface area (Å²) in [6, 6.07) is 9.14. The fraction of sp³-hybridized carbons (Fsp3) is 0.583. The Morgan fingerprint density at radius 3 is 2.38 bits per heavy atom. The Bertz CT molecular complexity index is 821. The molecule has 2 fully saturated rings. The maximum absolute atomic E-state index is 12.8. The number of ether oxygens (including phenoxy) is 3. The third kappa shape index (κ3) is 3.97. The van der Waals surface area contributed by atoms with Crippen molar-refractivity contribution in [3.05, 3.63) is 47.5 Å². The van der Waals surface area contributed by atoms with Gasteiger partial charge in [0.2, 0.25) is 0 Å². The van der Waals surface area contributed by atoms with Crippen molar-refractivity contribution in [2.45, 2.75) is 64.8 Å². The first kappa shape index (κ1) is 20.1. The molecule has 1 spiro atoms. The van der Waals surface area contributed by atoms with E-state index < -0.39 is 0 Å². The molecule has 0 unspecified atom stereocenters. The van der Waals surface area contributed by atoms with Crippen LogP contribution in [-0.4, -0.2) is 36.4 Å². The smallest absolute Gasteiger partial charge is 0.338 e. The minimum Gasteiger partial charge on any atom is -0.458 e. The van der Waals surface area contributed by atoms with Gasteiger partial charge in [-0.25, -0.2) is 4.79 Å². The number of rotatable bonds is 3. The van der Waals surface area contributed by atoms with Gasteiger partial charge in [-0.2, -0.15) is 0 Å². The van der Waals surface area contributed by atoms with Crippen LogP contribution in [0.15, 0.2) is 42.0 Å². The zero-order valence-electron chi connectivity index (χ0n) is 17.6. The van der Waals surface area contributed by atoms with Crippen LogP contribution >= 0.6 is 0 Å². The van der Waals surface area contributed by atoms with Crippen LogP contribution in [-0.2, 0) is 19.0 Å². The number of hydrogen-bond acceptors (Lipinski definition) is 5. The van der Waals surface area contributed by atoms with Crippen molar-refractivity contribution in [2.75, 3.05) is 6.61 Å². The molecular formula is C24H30O5. The number of epoxide rings is 1. The second kappa shape index (κ2) is 7.28. The largest absolute Gasteiger partial charge is 0.458 e. The van der Waals surface area contributed by atoms with Crippen molar-refractivity contribution in [3.8, 4) is 0 Å². The summed E-state index contributed by atoms with van der Waals surface area (Å²) in [5.41, 5.74) is 1.42. The molecule has 1 saturated carbocycles. The summed E-state index contributed by atoms with van der Waals surface area (Å²) < 4.78 is 17.7. The first-order valence-corrected chi connectivity index (χ1v) is 10.4. The Hall–Kier alpha value is -2.14. The van der Waals surface area contributed by atoms with Crippen LogP contribution < -0.4 is 0 Å². The summed E-state index contributed by atoms with van der Waals surface area (Å²) in [5, 5.41) is 0. The van der Waals surface area contributed by atoms with Crippen LogP contribution in [0.3, 0.4) is 0 Å². The first-order valence-electron chi connectivity index (χ1n) is 10.4. The monoisotopic (exact) mass is 398 g/mol. The van der Waals surface area contributed by atoms with Crippen molar-refractivity contribution in [1.82, 2.24) is 0 Å². The first-order chi connectivity index (χ1) is 13.7. The number of hydrogen-bond donors (Lipinski definition) is 0. The number of carbonyl (C=O) groups is 2. The van der Waals surface area contributed by atoms with Gasteiger partial charge in [-0.1, -0.05) is 37.6 Å². The van der Waals surface area contributed by atoms with Crippen LogP contribution in [0.25, 0.3) is 0 Å². The van der Waals surface area contributed by atoms with Gasteiger partial charge in [-0.3, -0.25) is 4.79 Å². The van der Waals surface area contributed by atoms with E-state index in [2.05, 4.69) is 13.8 Å². The van der Waals surface area contributed by atoms with E-state index in [1.165, 1.54) is 6.92 Å². The third-order valence-electron chi connectivity index (χ3n) is 6.80. The molecule has 156 valence electrons. The normalized spacial score (nSPS) is 36.9. The molecule has 1 saturated heterocycles. The molecule has 5 heteroatoms. The lowest BCUT2D eigenvalue weighted by molar-refractivity contribution is -0.149. The molecule has 1 heterocycles. The zero-order valence-corrected chi connectivity index (χ0v) is 17.6. The Morgan fingerprint density at radius 1 is 1.10 bits per heavy atom. The second-order valence-corrected chi connectivity index (χ2v) is 9.56. The van der Waals surface area contributed by atoms with Crippen LogP contribution in [0.2, 0.25) is 0 Å². The van der Waals surface area contributed by atoms with Crippen LogP contribution in [0.1, 0.15) is 57.3 Å². The van der Waals surface area contributed by atoms with E-state index >= 15 is 0 Å². The number of benzene rings is 1. The fourth-order valence-corrected chi connectivity index (χ4v) is 5.48. The standard InChI is InChI=1S/C24H30O5/c1-15-10-18(28-16(2)25)12-24(14-27-24)19-13-23(3,4)21(19)20(11-15)29-22(26)17-8-6-5-7-9-17/h5-10,18-21H,11-14H2,1-4H3/b15-10+/t18-,19-,20+,21-,24-/m1/s1. The average molecular weight is 398 g/mol. The molecule has 0 bridgehead atoms. The lowest BCUT2D eigenvalue weighted by atomic mass is 9.49. The minimum atomic E-state index is -0.303. The summed E-state index contributed by atoms with van der Waals surface area (Å²) >= 11 is 0. The maximum atomic E-state index is 12.8. The molecule has 1 aromatic carbocycles. The van der Waals surface area contributed by atoms with Crippen LogP contribution in [0.5, 0.6) is 0 Å². The molecule has 0 amide bonds. The average Bonchev–Trinajstić information content (AvgIpc) is 3.39. The SMILES string of the molecule is CC(=O)O[C@@H]1/C=C(\C)C[C@H](OC(=O)c2ccccc2)[C@H]2[C@@H](CC2(C)C)[C@]2(CO2)C1. The van der Waals surface area contributed by atoms with Crippen molar-refractivity contribution >= 4 is 11.9 Å². The lowest BCUT2D eigenvalue weighted by Crippen LogP contribution is -2.57. The highest BCUT2D eigenvalue weighted by atomic mass is 16.6. The molecule has 0 N–H and O–H groups in total. The topological polar surface area (TPSA) is 65.1 Å². The van der Waals surface area contributed by atoms with Crippen molar-refractivity contribution in [1.29, 1.82) is 0 Å². The van der Waals surface area contributed by atoms with Crippen molar-refractivity contribution < 1.29 is 23.8 Å². The quantitative estimate of drug-likeness (QED) is 0.431. The predicted molar refractivity (Wildman–Crippen MR) is 108 cm³/mol. The Labute approximate surface area is 172 Å². The summed E-state index contributed by atoms with van der Waals surface area (Å²) in [6.07, 6.45) is 3.79. The van der Waals surface area contributed by atoms with E-state index in [1.54, 1.807) is 12.1 Å². The third-order valence-corrected chi connectivity index (χ3v) is 6.80. The summed E-state index contributed by atoms with van der Waals surface area (Å²) in [4.78, 5) is 24.4. The van der Waals surface area contributed by atoms with Gasteiger partial charge in [0.15, 0.2) is 0 Å². The molecule has 2 aliphatic carbocycles. The Kier molecular flexibility index (Phi) is 5.06. The van der Waals surface area contributed by atoms with Gasteiger partial charge < -0.3 is 14.2 Å². The predicted octanol–water partition coefficient (Wildman–Crippen LogP) is 4.32. The van der Waals surface area contributed by atoms with Gasteiger partial charge in [0.05, 0.1) is 17.8 Å². The summed E-state index contributed by atoms with van der Waals surface area (Å²) in [7, 11) is 0. The van der Waals surface area contributed by atoms with Gasteiger partial charge in [0, 0.05) is 25.7 Å². The van der Waals surface area contributed by atoms with E-state index in [0.717, 1.165) is 12.0 Å². The van der Waals surface area contributed by atoms with Gasteiger partial charge in [0.1, 0.15) is 12.2 Å². The van der Waals surface area contributed by atoms with Gasteiger partial charge in [-0.05, 0) is 42.9 Å². The zero-order chi connectivity index (χ0) is 20.8. The Morgan fingerprint density at radius 2 is 1.79 bits per heavy atom. The highest BCUT2D eigenvalue weighted by Gasteiger charge is 2.66. The van der Waals surface area contributed by atoms with E-state index in [-0.39, 0.29) is 41.1 Å². The van der Waals surface area contributed by atoms with Crippen LogP contribution in [0, 0.1) is 17.3 Å². The molecule has 5 nitrogen and oxygen atoms in total. The Balaban J connectivity index is 1.64. The van der Waals surface area contributed by atoms with Gasteiger partial charge in [0.25, 0.3) is 0 Å². The maximum Gasteiger partial charge on any atom is 0.338 e. The molecular weight excluding hydrogens is 368 g/mol. The molecule has 3 aliphatic rings. The van der Waals surface area contributed by atoms with Crippen molar-refractivity contribution in [2.24, 2.45) is 17.3 Å². The van der Waals surface area contributed by atoms with Gasteiger partial charge in [-0.15, -0.1) is 0 Å². The molecule has 0 aromatic heterocycles. The highest BCUT2D eigenvalue weighted by molar-refractivity contribution is 5.89.